The number of carbonyl (C=O) groups excluding carboxylic acids is 1. The Kier molecular flexibility index (Phi) is 4.87. The van der Waals surface area contributed by atoms with Gasteiger partial charge in [0.15, 0.2) is 5.78 Å². The number of ketones is 1. The summed E-state index contributed by atoms with van der Waals surface area (Å²) in [4.78, 5) is 11.7. The summed E-state index contributed by atoms with van der Waals surface area (Å²) in [6.45, 7) is 2.39. The lowest BCUT2D eigenvalue weighted by Crippen LogP contribution is -2.42. The van der Waals surface area contributed by atoms with Crippen LogP contribution in [0.15, 0.2) is 71.8 Å². The molecule has 0 N–H and O–H groups in total. The first kappa shape index (κ1) is 18.9. The first-order valence-electron chi connectivity index (χ1n) is 8.91. The number of benzene rings is 2. The molecule has 5 nitrogen and oxygen atoms in total. The minimum Gasteiger partial charge on any atom is -0.348 e. The van der Waals surface area contributed by atoms with Gasteiger partial charge in [0.1, 0.15) is 0 Å². The standard InChI is InChI=1S/C21H19ClN2O3S/c1-15(25)16-6-10-19(11-7-16)28(26,27)24-14-13-23-12-2-3-20(23)21(24)17-4-8-18(22)9-5-17/h2-12,21H,13-14H2,1H3. The van der Waals surface area contributed by atoms with Crippen LogP contribution < -0.4 is 0 Å². The van der Waals surface area contributed by atoms with E-state index in [0.717, 1.165) is 11.3 Å². The fraction of sp³-hybridized carbons (Fsp3) is 0.190. The van der Waals surface area contributed by atoms with E-state index in [1.807, 2.05) is 30.5 Å². The molecule has 4 rings (SSSR count). The second-order valence-corrected chi connectivity index (χ2v) is 9.10. The summed E-state index contributed by atoms with van der Waals surface area (Å²) in [5.41, 5.74) is 2.26. The number of hydrogen-bond donors (Lipinski definition) is 0. The Morgan fingerprint density at radius 3 is 2.32 bits per heavy atom. The molecule has 0 spiro atoms. The fourth-order valence-electron chi connectivity index (χ4n) is 3.60. The summed E-state index contributed by atoms with van der Waals surface area (Å²) in [6.07, 6.45) is 1.96. The van der Waals surface area contributed by atoms with Gasteiger partial charge < -0.3 is 4.57 Å². The average Bonchev–Trinajstić information content (AvgIpc) is 3.17. The number of hydrogen-bond acceptors (Lipinski definition) is 3. The molecular formula is C21H19ClN2O3S. The monoisotopic (exact) mass is 414 g/mol. The van der Waals surface area contributed by atoms with Crippen LogP contribution in [-0.4, -0.2) is 29.6 Å². The highest BCUT2D eigenvalue weighted by Gasteiger charge is 2.37. The van der Waals surface area contributed by atoms with Gasteiger partial charge in [-0.1, -0.05) is 35.9 Å². The molecule has 0 bridgehead atoms. The molecule has 1 aliphatic rings. The van der Waals surface area contributed by atoms with Crippen LogP contribution in [0.25, 0.3) is 0 Å². The maximum Gasteiger partial charge on any atom is 0.244 e. The SMILES string of the molecule is CC(=O)c1ccc(S(=O)(=O)N2CCn3cccc3C2c2ccc(Cl)cc2)cc1. The fourth-order valence-corrected chi connectivity index (χ4v) is 5.31. The topological polar surface area (TPSA) is 59.4 Å². The predicted molar refractivity (Wildman–Crippen MR) is 108 cm³/mol. The summed E-state index contributed by atoms with van der Waals surface area (Å²) in [5.74, 6) is -0.0983. The van der Waals surface area contributed by atoms with Crippen LogP contribution >= 0.6 is 11.6 Å². The van der Waals surface area contributed by atoms with E-state index in [0.29, 0.717) is 23.7 Å². The Bertz CT molecular complexity index is 1120. The Labute approximate surface area is 169 Å². The van der Waals surface area contributed by atoms with E-state index in [2.05, 4.69) is 4.57 Å². The van der Waals surface area contributed by atoms with Gasteiger partial charge in [0, 0.05) is 35.6 Å². The van der Waals surface area contributed by atoms with Gasteiger partial charge in [-0.2, -0.15) is 4.31 Å². The molecule has 1 aliphatic heterocycles. The van der Waals surface area contributed by atoms with Crippen molar-refractivity contribution in [3.63, 3.8) is 0 Å². The Morgan fingerprint density at radius 2 is 1.68 bits per heavy atom. The van der Waals surface area contributed by atoms with Gasteiger partial charge in [-0.05, 0) is 48.9 Å². The molecule has 1 atom stereocenters. The van der Waals surface area contributed by atoms with E-state index >= 15 is 0 Å². The van der Waals surface area contributed by atoms with E-state index in [9.17, 15) is 13.2 Å². The summed E-state index contributed by atoms with van der Waals surface area (Å²) < 4.78 is 30.5. The lowest BCUT2D eigenvalue weighted by atomic mass is 10.0. The average molecular weight is 415 g/mol. The molecule has 0 amide bonds. The molecule has 0 fully saturated rings. The molecule has 7 heteroatoms. The van der Waals surface area contributed by atoms with E-state index in [1.54, 1.807) is 24.3 Å². The second kappa shape index (κ2) is 7.20. The number of rotatable bonds is 4. The first-order valence-corrected chi connectivity index (χ1v) is 10.7. The zero-order valence-electron chi connectivity index (χ0n) is 15.2. The van der Waals surface area contributed by atoms with Crippen LogP contribution in [0.4, 0.5) is 0 Å². The van der Waals surface area contributed by atoms with Crippen LogP contribution in [0.5, 0.6) is 0 Å². The molecule has 0 aliphatic carbocycles. The Balaban J connectivity index is 1.80. The van der Waals surface area contributed by atoms with E-state index < -0.39 is 16.1 Å². The molecular weight excluding hydrogens is 396 g/mol. The molecule has 28 heavy (non-hydrogen) atoms. The predicted octanol–water partition coefficient (Wildman–Crippen LogP) is 4.14. The van der Waals surface area contributed by atoms with Gasteiger partial charge in [0.05, 0.1) is 10.9 Å². The van der Waals surface area contributed by atoms with Crippen molar-refractivity contribution in [1.82, 2.24) is 8.87 Å². The molecule has 2 aromatic carbocycles. The van der Waals surface area contributed by atoms with Crippen LogP contribution in [0.1, 0.15) is 34.6 Å². The van der Waals surface area contributed by atoms with Crippen molar-refractivity contribution in [2.24, 2.45) is 0 Å². The molecule has 1 aromatic heterocycles. The van der Waals surface area contributed by atoms with Crippen LogP contribution in [-0.2, 0) is 16.6 Å². The number of carbonyl (C=O) groups is 1. The Hall–Kier alpha value is -2.41. The quantitative estimate of drug-likeness (QED) is 0.603. The number of fused-ring (bicyclic) bond motifs is 1. The van der Waals surface area contributed by atoms with Crippen molar-refractivity contribution in [3.05, 3.63) is 88.7 Å². The third-order valence-corrected chi connectivity index (χ3v) is 7.18. The van der Waals surface area contributed by atoms with Gasteiger partial charge >= 0.3 is 0 Å². The van der Waals surface area contributed by atoms with Crippen molar-refractivity contribution in [1.29, 1.82) is 0 Å². The zero-order chi connectivity index (χ0) is 19.9. The van der Waals surface area contributed by atoms with E-state index in [4.69, 9.17) is 11.6 Å². The zero-order valence-corrected chi connectivity index (χ0v) is 16.8. The van der Waals surface area contributed by atoms with Crippen LogP contribution in [0, 0.1) is 0 Å². The van der Waals surface area contributed by atoms with Crippen molar-refractivity contribution < 1.29 is 13.2 Å². The number of aromatic nitrogens is 1. The number of halogens is 1. The highest BCUT2D eigenvalue weighted by molar-refractivity contribution is 7.89. The van der Waals surface area contributed by atoms with Gasteiger partial charge in [-0.15, -0.1) is 0 Å². The van der Waals surface area contributed by atoms with Crippen molar-refractivity contribution in [2.75, 3.05) is 6.54 Å². The molecule has 0 radical (unpaired) electrons. The maximum absolute atomic E-state index is 13.5. The third kappa shape index (κ3) is 3.28. The highest BCUT2D eigenvalue weighted by atomic mass is 35.5. The summed E-state index contributed by atoms with van der Waals surface area (Å²) >= 11 is 6.03. The molecule has 144 valence electrons. The Morgan fingerprint density at radius 1 is 1.00 bits per heavy atom. The van der Waals surface area contributed by atoms with Gasteiger partial charge in [0.25, 0.3) is 0 Å². The number of sulfonamides is 1. The van der Waals surface area contributed by atoms with E-state index in [1.165, 1.54) is 23.4 Å². The van der Waals surface area contributed by atoms with Crippen molar-refractivity contribution in [2.45, 2.75) is 24.4 Å². The second-order valence-electron chi connectivity index (χ2n) is 6.78. The normalized spacial score (nSPS) is 17.3. The van der Waals surface area contributed by atoms with Gasteiger partial charge in [-0.25, -0.2) is 8.42 Å². The molecule has 0 saturated carbocycles. The summed E-state index contributed by atoms with van der Waals surface area (Å²) in [5, 5.41) is 0.601. The third-order valence-electron chi connectivity index (χ3n) is 5.05. The highest BCUT2D eigenvalue weighted by Crippen LogP contribution is 2.36. The maximum atomic E-state index is 13.5. The molecule has 1 unspecified atom stereocenters. The van der Waals surface area contributed by atoms with Gasteiger partial charge in [0.2, 0.25) is 10.0 Å². The summed E-state index contributed by atoms with van der Waals surface area (Å²) in [6, 6.07) is 16.8. The minimum atomic E-state index is -3.76. The lowest BCUT2D eigenvalue weighted by Gasteiger charge is -2.36. The van der Waals surface area contributed by atoms with E-state index in [-0.39, 0.29) is 10.7 Å². The number of Topliss-reactive ketones (excluding diaryl/α,β-unsaturated/α-hetero) is 1. The van der Waals surface area contributed by atoms with Crippen molar-refractivity contribution >= 4 is 27.4 Å². The van der Waals surface area contributed by atoms with Crippen molar-refractivity contribution in [3.8, 4) is 0 Å². The van der Waals surface area contributed by atoms with Crippen LogP contribution in [0.3, 0.4) is 0 Å². The van der Waals surface area contributed by atoms with Crippen LogP contribution in [0.2, 0.25) is 5.02 Å². The molecule has 2 heterocycles. The largest absolute Gasteiger partial charge is 0.348 e. The minimum absolute atomic E-state index is 0.0983. The summed E-state index contributed by atoms with van der Waals surface area (Å²) in [7, 11) is -3.76. The molecule has 3 aromatic rings. The van der Waals surface area contributed by atoms with Gasteiger partial charge in [-0.3, -0.25) is 4.79 Å². The molecule has 0 saturated heterocycles. The number of nitrogens with zero attached hydrogens (tertiary/aromatic N) is 2. The lowest BCUT2D eigenvalue weighted by molar-refractivity contribution is 0.101. The smallest absolute Gasteiger partial charge is 0.244 e. The first-order chi connectivity index (χ1) is 13.4.